The first-order valence-corrected chi connectivity index (χ1v) is 5.79. The lowest BCUT2D eigenvalue weighted by atomic mass is 10.5. The summed E-state index contributed by atoms with van der Waals surface area (Å²) < 4.78 is 9.75. The third-order valence-electron chi connectivity index (χ3n) is 1.92. The van der Waals surface area contributed by atoms with Crippen LogP contribution in [-0.4, -0.2) is 29.8 Å². The molecule has 7 heteroatoms. The maximum Gasteiger partial charge on any atom is 0.268 e. The van der Waals surface area contributed by atoms with E-state index in [1.165, 1.54) is 18.4 Å². The monoisotopic (exact) mass is 253 g/mol. The van der Waals surface area contributed by atoms with Gasteiger partial charge in [0.05, 0.1) is 11.4 Å². The Morgan fingerprint density at radius 1 is 1.65 bits per heavy atom. The molecule has 0 saturated heterocycles. The summed E-state index contributed by atoms with van der Waals surface area (Å²) in [5.41, 5.74) is 0. The summed E-state index contributed by atoms with van der Waals surface area (Å²) in [4.78, 5) is 16.2. The summed E-state index contributed by atoms with van der Waals surface area (Å²) >= 11 is 1.52. The quantitative estimate of drug-likeness (QED) is 0.862. The van der Waals surface area contributed by atoms with Gasteiger partial charge in [-0.05, 0) is 11.4 Å². The molecule has 2 heterocycles. The van der Waals surface area contributed by atoms with Crippen LogP contribution < -0.4 is 5.32 Å². The number of aromatic nitrogens is 2. The summed E-state index contributed by atoms with van der Waals surface area (Å²) in [6, 6.07) is 3.80. The molecule has 0 fully saturated rings. The number of carbonyl (C=O) groups is 1. The van der Waals surface area contributed by atoms with Gasteiger partial charge in [-0.2, -0.15) is 4.98 Å². The summed E-state index contributed by atoms with van der Waals surface area (Å²) in [5, 5.41) is 8.31. The number of amides is 1. The van der Waals surface area contributed by atoms with Crippen LogP contribution >= 0.6 is 11.3 Å². The molecular weight excluding hydrogens is 242 g/mol. The number of nitrogens with zero attached hydrogens (tertiary/aromatic N) is 2. The lowest BCUT2D eigenvalue weighted by Gasteiger charge is -1.99. The van der Waals surface area contributed by atoms with E-state index in [0.717, 1.165) is 4.88 Å². The zero-order valence-electron chi connectivity index (χ0n) is 9.17. The van der Waals surface area contributed by atoms with Crippen LogP contribution in [-0.2, 0) is 16.1 Å². The zero-order valence-corrected chi connectivity index (χ0v) is 9.99. The molecule has 17 heavy (non-hydrogen) atoms. The van der Waals surface area contributed by atoms with Crippen molar-refractivity contribution in [2.24, 2.45) is 0 Å². The van der Waals surface area contributed by atoms with Crippen LogP contribution in [0.4, 0.5) is 0 Å². The van der Waals surface area contributed by atoms with Crippen molar-refractivity contribution in [3.8, 4) is 10.8 Å². The summed E-state index contributed by atoms with van der Waals surface area (Å²) in [7, 11) is 1.46. The predicted octanol–water partition coefficient (Wildman–Crippen LogP) is 1.06. The number of thiophene rings is 1. The van der Waals surface area contributed by atoms with Crippen LogP contribution in [0.1, 0.15) is 5.82 Å². The average molecular weight is 253 g/mol. The van der Waals surface area contributed by atoms with Crippen LogP contribution in [0.3, 0.4) is 0 Å². The van der Waals surface area contributed by atoms with Gasteiger partial charge < -0.3 is 14.6 Å². The van der Waals surface area contributed by atoms with Crippen molar-refractivity contribution < 1.29 is 14.1 Å². The minimum atomic E-state index is -0.213. The molecule has 1 amide bonds. The molecule has 0 bridgehead atoms. The van der Waals surface area contributed by atoms with E-state index >= 15 is 0 Å². The zero-order chi connectivity index (χ0) is 12.1. The van der Waals surface area contributed by atoms with Gasteiger partial charge in [0.15, 0.2) is 5.82 Å². The first-order chi connectivity index (χ1) is 8.29. The van der Waals surface area contributed by atoms with Crippen molar-refractivity contribution in [2.45, 2.75) is 6.54 Å². The summed E-state index contributed by atoms with van der Waals surface area (Å²) in [6.45, 7) is 0.257. The Balaban J connectivity index is 1.93. The van der Waals surface area contributed by atoms with E-state index in [-0.39, 0.29) is 19.1 Å². The molecule has 0 aromatic carbocycles. The third kappa shape index (κ3) is 3.11. The number of hydrogen-bond donors (Lipinski definition) is 1. The fourth-order valence-electron chi connectivity index (χ4n) is 1.19. The average Bonchev–Trinajstić information content (AvgIpc) is 2.97. The number of nitrogens with one attached hydrogen (secondary N) is 1. The predicted molar refractivity (Wildman–Crippen MR) is 61.3 cm³/mol. The second kappa shape index (κ2) is 5.55. The van der Waals surface area contributed by atoms with Gasteiger partial charge >= 0.3 is 0 Å². The van der Waals surface area contributed by atoms with E-state index in [9.17, 15) is 4.79 Å². The highest BCUT2D eigenvalue weighted by atomic mass is 32.1. The molecule has 2 rings (SSSR count). The van der Waals surface area contributed by atoms with Crippen LogP contribution in [0.2, 0.25) is 0 Å². The van der Waals surface area contributed by atoms with E-state index in [4.69, 9.17) is 4.52 Å². The van der Waals surface area contributed by atoms with E-state index in [1.807, 2.05) is 17.5 Å². The fraction of sp³-hybridized carbons (Fsp3) is 0.300. The SMILES string of the molecule is COCC(=O)NCc1noc(-c2cccs2)n1. The molecule has 6 nitrogen and oxygen atoms in total. The summed E-state index contributed by atoms with van der Waals surface area (Å²) in [5.74, 6) is 0.698. The van der Waals surface area contributed by atoms with E-state index < -0.39 is 0 Å². The molecule has 2 aromatic rings. The van der Waals surface area contributed by atoms with Crippen molar-refractivity contribution in [1.29, 1.82) is 0 Å². The first kappa shape index (κ1) is 11.7. The largest absolute Gasteiger partial charge is 0.375 e. The topological polar surface area (TPSA) is 77.2 Å². The molecule has 0 unspecified atom stereocenters. The molecule has 0 aliphatic heterocycles. The molecule has 0 saturated carbocycles. The van der Waals surface area contributed by atoms with Crippen molar-refractivity contribution in [3.05, 3.63) is 23.3 Å². The Hall–Kier alpha value is -1.73. The van der Waals surface area contributed by atoms with E-state index in [0.29, 0.717) is 11.7 Å². The summed E-state index contributed by atoms with van der Waals surface area (Å²) in [6.07, 6.45) is 0. The molecule has 1 N–H and O–H groups in total. The molecular formula is C10H11N3O3S. The Morgan fingerprint density at radius 3 is 3.24 bits per heavy atom. The van der Waals surface area contributed by atoms with Gasteiger partial charge in [-0.15, -0.1) is 11.3 Å². The number of hydrogen-bond acceptors (Lipinski definition) is 6. The standard InChI is InChI=1S/C10H11N3O3S/c1-15-6-9(14)11-5-8-12-10(16-13-8)7-3-2-4-17-7/h2-4H,5-6H2,1H3,(H,11,14). The molecule has 2 aromatic heterocycles. The number of carbonyl (C=O) groups excluding carboxylic acids is 1. The number of ether oxygens (including phenoxy) is 1. The van der Waals surface area contributed by atoms with Crippen molar-refractivity contribution in [2.75, 3.05) is 13.7 Å². The Bertz CT molecular complexity index is 481. The van der Waals surface area contributed by atoms with Crippen LogP contribution in [0.5, 0.6) is 0 Å². The highest BCUT2D eigenvalue weighted by molar-refractivity contribution is 7.13. The van der Waals surface area contributed by atoms with Gasteiger partial charge in [0.1, 0.15) is 6.61 Å². The highest BCUT2D eigenvalue weighted by Crippen LogP contribution is 2.22. The molecule has 0 aliphatic rings. The fourth-order valence-corrected chi connectivity index (χ4v) is 1.83. The van der Waals surface area contributed by atoms with Gasteiger partial charge in [-0.1, -0.05) is 11.2 Å². The lowest BCUT2D eigenvalue weighted by Crippen LogP contribution is -2.26. The van der Waals surface area contributed by atoms with Crippen molar-refractivity contribution >= 4 is 17.2 Å². The van der Waals surface area contributed by atoms with Gasteiger partial charge in [-0.25, -0.2) is 0 Å². The normalized spacial score (nSPS) is 10.4. The van der Waals surface area contributed by atoms with Crippen LogP contribution in [0, 0.1) is 0 Å². The molecule has 0 radical (unpaired) electrons. The molecule has 0 atom stereocenters. The number of rotatable bonds is 5. The van der Waals surface area contributed by atoms with Gasteiger partial charge in [0.2, 0.25) is 5.91 Å². The minimum Gasteiger partial charge on any atom is -0.375 e. The number of methoxy groups -OCH3 is 1. The minimum absolute atomic E-state index is 0.0234. The molecule has 90 valence electrons. The maximum atomic E-state index is 11.1. The Kier molecular flexibility index (Phi) is 3.84. The van der Waals surface area contributed by atoms with Gasteiger partial charge in [0.25, 0.3) is 5.89 Å². The van der Waals surface area contributed by atoms with Crippen LogP contribution in [0.15, 0.2) is 22.0 Å². The van der Waals surface area contributed by atoms with Crippen molar-refractivity contribution in [3.63, 3.8) is 0 Å². The lowest BCUT2D eigenvalue weighted by molar-refractivity contribution is -0.124. The van der Waals surface area contributed by atoms with Gasteiger partial charge in [0, 0.05) is 7.11 Å². The first-order valence-electron chi connectivity index (χ1n) is 4.91. The highest BCUT2D eigenvalue weighted by Gasteiger charge is 2.10. The Labute approximate surface area is 102 Å². The molecule has 0 aliphatic carbocycles. The van der Waals surface area contributed by atoms with Crippen molar-refractivity contribution in [1.82, 2.24) is 15.5 Å². The van der Waals surface area contributed by atoms with Crippen LogP contribution in [0.25, 0.3) is 10.8 Å². The second-order valence-corrected chi connectivity index (χ2v) is 4.15. The third-order valence-corrected chi connectivity index (χ3v) is 2.78. The maximum absolute atomic E-state index is 11.1. The smallest absolute Gasteiger partial charge is 0.268 e. The van der Waals surface area contributed by atoms with E-state index in [1.54, 1.807) is 0 Å². The van der Waals surface area contributed by atoms with E-state index in [2.05, 4.69) is 20.2 Å². The Morgan fingerprint density at radius 2 is 2.53 bits per heavy atom. The molecule has 0 spiro atoms. The second-order valence-electron chi connectivity index (χ2n) is 3.20. The van der Waals surface area contributed by atoms with Gasteiger partial charge in [-0.3, -0.25) is 4.79 Å².